The van der Waals surface area contributed by atoms with Crippen molar-refractivity contribution in [3.63, 3.8) is 0 Å². The van der Waals surface area contributed by atoms with E-state index in [9.17, 15) is 38.6 Å². The Balaban J connectivity index is 0.688. The van der Waals surface area contributed by atoms with Gasteiger partial charge in [-0.1, -0.05) is 23.7 Å². The van der Waals surface area contributed by atoms with Crippen molar-refractivity contribution in [2.24, 2.45) is 0 Å². The Bertz CT molecular complexity index is 2810. The summed E-state index contributed by atoms with van der Waals surface area (Å²) < 4.78 is 26.1. The third kappa shape index (κ3) is 12.3. The zero-order chi connectivity index (χ0) is 50.0. The second-order valence-electron chi connectivity index (χ2n) is 17.5. The molecular formula is C49H57ClFN11O9. The molecule has 3 saturated heterocycles. The van der Waals surface area contributed by atoms with Gasteiger partial charge >= 0.3 is 0 Å². The molecule has 7 N–H and O–H groups in total. The summed E-state index contributed by atoms with van der Waals surface area (Å²) in [5, 5.41) is 37.4. The number of likely N-dealkylation sites (tertiary alicyclic amines) is 1. The van der Waals surface area contributed by atoms with Crippen LogP contribution in [0.2, 0.25) is 5.02 Å². The first-order chi connectivity index (χ1) is 34.4. The summed E-state index contributed by atoms with van der Waals surface area (Å²) in [4.78, 5) is 77.9. The van der Waals surface area contributed by atoms with Crippen LogP contribution in [0.4, 0.5) is 27.3 Å². The topological polar surface area (TPSA) is 245 Å². The van der Waals surface area contributed by atoms with Crippen LogP contribution in [-0.2, 0) is 28.7 Å². The maximum absolute atomic E-state index is 13.7. The molecule has 0 bridgehead atoms. The number of ether oxygens (including phenoxy) is 2. The second kappa shape index (κ2) is 23.2. The largest absolute Gasteiger partial charge is 0.494 e. The number of halogens is 2. The first kappa shape index (κ1) is 50.3. The molecule has 0 radical (unpaired) electrons. The van der Waals surface area contributed by atoms with E-state index >= 15 is 0 Å². The quantitative estimate of drug-likeness (QED) is 0.0338. The monoisotopic (exact) mass is 997 g/mol. The summed E-state index contributed by atoms with van der Waals surface area (Å²) in [6.07, 6.45) is 7.13. The van der Waals surface area contributed by atoms with Gasteiger partial charge in [0.2, 0.25) is 41.3 Å². The minimum Gasteiger partial charge on any atom is -0.494 e. The number of amides is 5. The maximum Gasteiger partial charge on any atom is 0.249 e. The van der Waals surface area contributed by atoms with Crippen molar-refractivity contribution >= 4 is 85.7 Å². The molecule has 2 aromatic heterocycles. The molecule has 0 spiro atoms. The van der Waals surface area contributed by atoms with Gasteiger partial charge in [0.05, 0.1) is 41.9 Å². The van der Waals surface area contributed by atoms with Crippen molar-refractivity contribution < 1.29 is 48.0 Å². The highest BCUT2D eigenvalue weighted by Crippen LogP contribution is 2.44. The lowest BCUT2D eigenvalue weighted by Crippen LogP contribution is -2.54. The fraction of sp³-hybridized carbons (Fsp3) is 0.408. The Hall–Kier alpha value is -7.07. The van der Waals surface area contributed by atoms with E-state index in [0.717, 1.165) is 43.6 Å². The van der Waals surface area contributed by atoms with E-state index in [-0.39, 0.29) is 79.9 Å². The number of fused-ring (bicyclic) bond motifs is 2. The summed E-state index contributed by atoms with van der Waals surface area (Å²) >= 11 is 5.97. The predicted molar refractivity (Wildman–Crippen MR) is 264 cm³/mol. The number of rotatable bonds is 19. The molecule has 5 heterocycles. The van der Waals surface area contributed by atoms with Gasteiger partial charge in [-0.05, 0) is 68.8 Å². The standard InChI is InChI=1S/C49H57ClFN11O9/c1-70-40-28-37-33(46(55-29-54-37)56-30-7-8-35(51)34(50)26-30)27-38(40)57-42(64)6-3-17-59-18-13-31(14-19-59)60-20-22-61(23-21-60)44(66)12-11-41(63)53-16-25-71-24-15-52-36-5-2-4-32-45(36)49(69)62(48(32)68)39-9-10-43(65)58-47(39)67/h2-8,26-29,31,39,52,68-69H,9-25H2,1H3,(H,53,63)(H,57,64)(H,54,55,56)(H,58,65,67)/b6-3+. The van der Waals surface area contributed by atoms with Gasteiger partial charge < -0.3 is 45.9 Å². The first-order valence-corrected chi connectivity index (χ1v) is 24.0. The van der Waals surface area contributed by atoms with Crippen LogP contribution in [0.15, 0.2) is 67.0 Å². The van der Waals surface area contributed by atoms with E-state index in [1.165, 1.54) is 31.6 Å². The van der Waals surface area contributed by atoms with Gasteiger partial charge in [-0.2, -0.15) is 0 Å². The van der Waals surface area contributed by atoms with Gasteiger partial charge in [0, 0.05) is 105 Å². The number of piperazine rings is 1. The summed E-state index contributed by atoms with van der Waals surface area (Å²) in [7, 11) is 1.51. The number of anilines is 4. The smallest absolute Gasteiger partial charge is 0.249 e. The molecule has 5 aromatic rings. The zero-order valence-electron chi connectivity index (χ0n) is 39.2. The van der Waals surface area contributed by atoms with E-state index in [0.29, 0.717) is 82.5 Å². The highest BCUT2D eigenvalue weighted by Gasteiger charge is 2.34. The minimum atomic E-state index is -0.927. The Labute approximate surface area is 413 Å². The van der Waals surface area contributed by atoms with Crippen LogP contribution in [0.1, 0.15) is 44.6 Å². The van der Waals surface area contributed by atoms with Crippen molar-refractivity contribution in [3.8, 4) is 17.5 Å². The van der Waals surface area contributed by atoms with Crippen LogP contribution in [0, 0.1) is 5.82 Å². The van der Waals surface area contributed by atoms with Crippen molar-refractivity contribution in [3.05, 3.63) is 77.9 Å². The van der Waals surface area contributed by atoms with Crippen LogP contribution in [-0.4, -0.2) is 154 Å². The summed E-state index contributed by atoms with van der Waals surface area (Å²) in [6.45, 7) is 6.26. The molecule has 0 saturated carbocycles. The van der Waals surface area contributed by atoms with E-state index in [1.54, 1.807) is 36.4 Å². The number of aromatic nitrogens is 3. The number of piperidine rings is 2. The molecule has 71 heavy (non-hydrogen) atoms. The SMILES string of the molecule is COc1cc2ncnc(Nc3ccc(F)c(Cl)c3)c2cc1NC(=O)/C=C/CN1CCC(N2CCN(C(=O)CCC(=O)NCCOCCNc3cccc4c(O)n(C5CCC(=O)NC5=O)c(O)c34)CC2)CC1. The van der Waals surface area contributed by atoms with E-state index in [2.05, 4.69) is 46.4 Å². The lowest BCUT2D eigenvalue weighted by Gasteiger charge is -2.42. The second-order valence-corrected chi connectivity index (χ2v) is 17.9. The molecule has 22 heteroatoms. The lowest BCUT2D eigenvalue weighted by molar-refractivity contribution is -0.136. The van der Waals surface area contributed by atoms with Crippen molar-refractivity contribution in [1.29, 1.82) is 0 Å². The third-order valence-electron chi connectivity index (χ3n) is 13.0. The molecule has 8 rings (SSSR count). The molecule has 3 fully saturated rings. The Morgan fingerprint density at radius 1 is 0.915 bits per heavy atom. The highest BCUT2D eigenvalue weighted by molar-refractivity contribution is 6.31. The van der Waals surface area contributed by atoms with Gasteiger partial charge in [-0.15, -0.1) is 0 Å². The average Bonchev–Trinajstić information content (AvgIpc) is 3.62. The molecule has 3 aliphatic heterocycles. The number of hydrogen-bond acceptors (Lipinski definition) is 15. The van der Waals surface area contributed by atoms with Gasteiger partial charge in [0.15, 0.2) is 0 Å². The minimum absolute atomic E-state index is 0.0306. The number of imide groups is 1. The number of nitrogens with one attached hydrogen (secondary N) is 5. The zero-order valence-corrected chi connectivity index (χ0v) is 40.0. The highest BCUT2D eigenvalue weighted by atomic mass is 35.5. The van der Waals surface area contributed by atoms with Crippen molar-refractivity contribution in [1.82, 2.24) is 39.9 Å². The lowest BCUT2D eigenvalue weighted by atomic mass is 10.0. The van der Waals surface area contributed by atoms with Crippen molar-refractivity contribution in [2.45, 2.75) is 50.6 Å². The maximum atomic E-state index is 13.7. The number of methoxy groups -OCH3 is 1. The number of hydrogen-bond donors (Lipinski definition) is 7. The average molecular weight is 999 g/mol. The molecular weight excluding hydrogens is 941 g/mol. The Morgan fingerprint density at radius 2 is 1.70 bits per heavy atom. The molecule has 20 nitrogen and oxygen atoms in total. The number of carbonyl (C=O) groups excluding carboxylic acids is 5. The number of benzene rings is 3. The van der Waals surface area contributed by atoms with Gasteiger partial charge in [0.25, 0.3) is 0 Å². The van der Waals surface area contributed by atoms with Crippen LogP contribution in [0.25, 0.3) is 21.7 Å². The van der Waals surface area contributed by atoms with Gasteiger partial charge in [-0.3, -0.25) is 43.7 Å². The normalized spacial score (nSPS) is 17.2. The summed E-state index contributed by atoms with van der Waals surface area (Å²) in [5.74, 6) is -1.82. The summed E-state index contributed by atoms with van der Waals surface area (Å²) in [6, 6.07) is 12.2. The first-order valence-electron chi connectivity index (χ1n) is 23.6. The number of carbonyl (C=O) groups is 5. The fourth-order valence-electron chi connectivity index (χ4n) is 9.24. The van der Waals surface area contributed by atoms with Gasteiger partial charge in [-0.25, -0.2) is 14.4 Å². The van der Waals surface area contributed by atoms with E-state index in [1.807, 2.05) is 11.0 Å². The predicted octanol–water partition coefficient (Wildman–Crippen LogP) is 4.65. The number of aromatic hydroxyl groups is 2. The van der Waals surface area contributed by atoms with Crippen LogP contribution in [0.5, 0.6) is 17.5 Å². The van der Waals surface area contributed by atoms with Crippen LogP contribution >= 0.6 is 11.6 Å². The molecule has 3 aliphatic rings. The van der Waals surface area contributed by atoms with E-state index in [4.69, 9.17) is 21.1 Å². The van der Waals surface area contributed by atoms with E-state index < -0.39 is 23.7 Å². The molecule has 376 valence electrons. The molecule has 1 unspecified atom stereocenters. The number of nitrogens with zero attached hydrogens (tertiary/aromatic N) is 6. The van der Waals surface area contributed by atoms with Crippen LogP contribution < -0.4 is 31.3 Å². The fourth-order valence-corrected chi connectivity index (χ4v) is 9.42. The van der Waals surface area contributed by atoms with Crippen LogP contribution in [0.3, 0.4) is 0 Å². The molecule has 5 amide bonds. The molecule has 1 atom stereocenters. The van der Waals surface area contributed by atoms with Gasteiger partial charge in [0.1, 0.15) is 29.8 Å². The Kier molecular flexibility index (Phi) is 16.5. The summed E-state index contributed by atoms with van der Waals surface area (Å²) in [5.41, 5.74) is 2.07. The third-order valence-corrected chi connectivity index (χ3v) is 13.3. The Morgan fingerprint density at radius 3 is 2.46 bits per heavy atom. The molecule has 0 aliphatic carbocycles. The molecule has 3 aromatic carbocycles. The van der Waals surface area contributed by atoms with Crippen molar-refractivity contribution in [2.75, 3.05) is 95.2 Å².